The zero-order chi connectivity index (χ0) is 13.7. The maximum atomic E-state index is 12.1. The van der Waals surface area contributed by atoms with Crippen molar-refractivity contribution in [2.75, 3.05) is 6.61 Å². The molecule has 18 heavy (non-hydrogen) atoms. The zero-order valence-corrected chi connectivity index (χ0v) is 11.7. The van der Waals surface area contributed by atoms with E-state index in [1.165, 1.54) is 10.8 Å². The molecule has 0 aliphatic carbocycles. The molecule has 0 radical (unpaired) electrons. The summed E-state index contributed by atoms with van der Waals surface area (Å²) in [5.74, 6) is -0.162. The Hall–Kier alpha value is -1.43. The Morgan fingerprint density at radius 2 is 2.22 bits per heavy atom. The molecule has 0 aliphatic heterocycles. The molecule has 0 saturated carbocycles. The lowest BCUT2D eigenvalue weighted by Crippen LogP contribution is -2.29. The van der Waals surface area contributed by atoms with Gasteiger partial charge < -0.3 is 9.72 Å². The molecule has 100 valence electrons. The van der Waals surface area contributed by atoms with Crippen LogP contribution in [-0.4, -0.2) is 22.1 Å². The number of hydrogen-bond donors (Lipinski definition) is 1. The van der Waals surface area contributed by atoms with E-state index in [9.17, 15) is 9.59 Å². The highest BCUT2D eigenvalue weighted by Crippen LogP contribution is 2.02. The van der Waals surface area contributed by atoms with E-state index in [1.54, 1.807) is 6.92 Å². The third kappa shape index (κ3) is 3.53. The number of nitrogens with zero attached hydrogens (tertiary/aromatic N) is 1. The molecule has 1 aromatic heterocycles. The van der Waals surface area contributed by atoms with Crippen molar-refractivity contribution in [3.63, 3.8) is 0 Å². The van der Waals surface area contributed by atoms with E-state index in [0.717, 1.165) is 6.42 Å². The molecule has 0 aromatic carbocycles. The lowest BCUT2D eigenvalue weighted by molar-refractivity contribution is 0.0522. The van der Waals surface area contributed by atoms with E-state index in [4.69, 9.17) is 17.0 Å². The molecule has 1 aromatic rings. The van der Waals surface area contributed by atoms with E-state index in [0.29, 0.717) is 17.2 Å². The van der Waals surface area contributed by atoms with Crippen LogP contribution in [0.15, 0.2) is 11.0 Å². The number of esters is 1. The molecule has 0 spiro atoms. The highest BCUT2D eigenvalue weighted by Gasteiger charge is 2.14. The van der Waals surface area contributed by atoms with Crippen LogP contribution in [0.3, 0.4) is 0 Å². The summed E-state index contributed by atoms with van der Waals surface area (Å²) in [6.45, 7) is 6.55. The number of hydrogen-bond acceptors (Lipinski definition) is 4. The molecule has 1 N–H and O–H groups in total. The molecule has 0 atom stereocenters. The zero-order valence-electron chi connectivity index (χ0n) is 10.9. The van der Waals surface area contributed by atoms with Crippen molar-refractivity contribution in [3.8, 4) is 0 Å². The van der Waals surface area contributed by atoms with Gasteiger partial charge >= 0.3 is 5.97 Å². The van der Waals surface area contributed by atoms with Crippen molar-refractivity contribution < 1.29 is 9.53 Å². The van der Waals surface area contributed by atoms with E-state index in [2.05, 4.69) is 18.8 Å². The topological polar surface area (TPSA) is 64.1 Å². The van der Waals surface area contributed by atoms with Crippen molar-refractivity contribution in [2.45, 2.75) is 33.7 Å². The molecule has 0 unspecified atom stereocenters. The van der Waals surface area contributed by atoms with Crippen LogP contribution in [0.25, 0.3) is 0 Å². The third-order valence-electron chi connectivity index (χ3n) is 2.49. The van der Waals surface area contributed by atoms with Crippen LogP contribution in [0.1, 0.15) is 37.6 Å². The number of H-pyrrole nitrogens is 1. The summed E-state index contributed by atoms with van der Waals surface area (Å²) in [5.41, 5.74) is -0.396. The first-order valence-electron chi connectivity index (χ1n) is 5.97. The minimum atomic E-state index is -0.618. The smallest absolute Gasteiger partial charge is 0.345 e. The Morgan fingerprint density at radius 1 is 1.56 bits per heavy atom. The fourth-order valence-corrected chi connectivity index (χ4v) is 1.69. The summed E-state index contributed by atoms with van der Waals surface area (Å²) >= 11 is 5.06. The summed E-state index contributed by atoms with van der Waals surface area (Å²) in [4.78, 5) is 26.4. The van der Waals surface area contributed by atoms with Crippen molar-refractivity contribution >= 4 is 18.2 Å². The molecule has 0 fully saturated rings. The van der Waals surface area contributed by atoms with Crippen LogP contribution in [-0.2, 0) is 11.3 Å². The number of rotatable bonds is 5. The first-order valence-corrected chi connectivity index (χ1v) is 6.37. The van der Waals surface area contributed by atoms with Gasteiger partial charge in [-0.05, 0) is 31.5 Å². The minimum Gasteiger partial charge on any atom is -0.462 e. The average Bonchev–Trinajstić information content (AvgIpc) is 2.28. The molecule has 5 nitrogen and oxygen atoms in total. The lowest BCUT2D eigenvalue weighted by Gasteiger charge is -2.09. The number of aromatic nitrogens is 2. The number of ether oxygens (including phenoxy) is 1. The van der Waals surface area contributed by atoms with Gasteiger partial charge in [0.05, 0.1) is 6.61 Å². The standard InChI is InChI=1S/C12H18N2O3S/c1-4-17-11(16)9-7-13-12(18)14(10(9)15)6-5-8(2)3/h7-8H,4-6H2,1-3H3,(H,13,18). The lowest BCUT2D eigenvalue weighted by atomic mass is 10.1. The van der Waals surface area contributed by atoms with Crippen LogP contribution in [0, 0.1) is 10.7 Å². The van der Waals surface area contributed by atoms with Gasteiger partial charge in [0.15, 0.2) is 4.77 Å². The summed E-state index contributed by atoms with van der Waals surface area (Å²) in [5, 5.41) is 0. The quantitative estimate of drug-likeness (QED) is 0.657. The monoisotopic (exact) mass is 270 g/mol. The van der Waals surface area contributed by atoms with Gasteiger partial charge in [0, 0.05) is 12.7 Å². The summed E-state index contributed by atoms with van der Waals surface area (Å²) in [6.07, 6.45) is 2.14. The van der Waals surface area contributed by atoms with Gasteiger partial charge in [-0.2, -0.15) is 0 Å². The number of nitrogens with one attached hydrogen (secondary N) is 1. The van der Waals surface area contributed by atoms with Gasteiger partial charge in [0.1, 0.15) is 5.56 Å². The van der Waals surface area contributed by atoms with E-state index in [-0.39, 0.29) is 12.2 Å². The van der Waals surface area contributed by atoms with E-state index >= 15 is 0 Å². The number of carbonyl (C=O) groups excluding carboxylic acids is 1. The van der Waals surface area contributed by atoms with Gasteiger partial charge in [-0.25, -0.2) is 4.79 Å². The van der Waals surface area contributed by atoms with Crippen LogP contribution in [0.4, 0.5) is 0 Å². The molecule has 6 heteroatoms. The van der Waals surface area contributed by atoms with Crippen LogP contribution < -0.4 is 5.56 Å². The van der Waals surface area contributed by atoms with Crippen molar-refractivity contribution in [2.24, 2.45) is 5.92 Å². The average molecular weight is 270 g/mol. The Labute approximate surface area is 111 Å². The summed E-state index contributed by atoms with van der Waals surface area (Å²) in [7, 11) is 0. The fourth-order valence-electron chi connectivity index (χ4n) is 1.46. The van der Waals surface area contributed by atoms with Crippen molar-refractivity contribution in [1.82, 2.24) is 9.55 Å². The molecular formula is C12H18N2O3S. The van der Waals surface area contributed by atoms with Gasteiger partial charge in [-0.3, -0.25) is 9.36 Å². The second-order valence-electron chi connectivity index (χ2n) is 4.37. The molecule has 0 bridgehead atoms. The van der Waals surface area contributed by atoms with Crippen LogP contribution in [0.2, 0.25) is 0 Å². The van der Waals surface area contributed by atoms with Gasteiger partial charge in [0.2, 0.25) is 0 Å². The van der Waals surface area contributed by atoms with Gasteiger partial charge in [-0.1, -0.05) is 13.8 Å². The summed E-state index contributed by atoms with van der Waals surface area (Å²) < 4.78 is 6.55. The SMILES string of the molecule is CCOC(=O)c1c[nH]c(=S)n(CCC(C)C)c1=O. The Kier molecular flexibility index (Phi) is 5.27. The maximum Gasteiger partial charge on any atom is 0.345 e. The van der Waals surface area contributed by atoms with E-state index < -0.39 is 11.5 Å². The molecule has 0 saturated heterocycles. The molecule has 0 aliphatic rings. The Morgan fingerprint density at radius 3 is 2.78 bits per heavy atom. The Balaban J connectivity index is 3.11. The molecule has 1 rings (SSSR count). The number of carbonyl (C=O) groups is 1. The molecular weight excluding hydrogens is 252 g/mol. The largest absolute Gasteiger partial charge is 0.462 e. The predicted octanol–water partition coefficient (Wildman–Crippen LogP) is 2.13. The Bertz CT molecular complexity index is 531. The maximum absolute atomic E-state index is 12.1. The van der Waals surface area contributed by atoms with Gasteiger partial charge in [0.25, 0.3) is 5.56 Å². The van der Waals surface area contributed by atoms with Crippen LogP contribution >= 0.6 is 12.2 Å². The first-order chi connectivity index (χ1) is 8.47. The van der Waals surface area contributed by atoms with E-state index in [1.807, 2.05) is 0 Å². The highest BCUT2D eigenvalue weighted by atomic mass is 32.1. The third-order valence-corrected chi connectivity index (χ3v) is 2.82. The minimum absolute atomic E-state index is 0.00536. The normalized spacial score (nSPS) is 10.7. The summed E-state index contributed by atoms with van der Waals surface area (Å²) in [6, 6.07) is 0. The fraction of sp³-hybridized carbons (Fsp3) is 0.583. The highest BCUT2D eigenvalue weighted by molar-refractivity contribution is 7.71. The second-order valence-corrected chi connectivity index (χ2v) is 4.75. The van der Waals surface area contributed by atoms with Crippen molar-refractivity contribution in [1.29, 1.82) is 0 Å². The van der Waals surface area contributed by atoms with Crippen LogP contribution in [0.5, 0.6) is 0 Å². The number of aromatic amines is 1. The molecule has 0 amide bonds. The predicted molar refractivity (Wildman–Crippen MR) is 71.3 cm³/mol. The van der Waals surface area contributed by atoms with Crippen molar-refractivity contribution in [3.05, 3.63) is 26.9 Å². The van der Waals surface area contributed by atoms with Gasteiger partial charge in [-0.15, -0.1) is 0 Å². The molecule has 1 heterocycles. The second kappa shape index (κ2) is 6.49. The first kappa shape index (κ1) is 14.6.